The molecule has 0 spiro atoms. The Morgan fingerprint density at radius 3 is 2.91 bits per heavy atom. The minimum atomic E-state index is -0.817. The van der Waals surface area contributed by atoms with Crippen molar-refractivity contribution in [3.63, 3.8) is 0 Å². The summed E-state index contributed by atoms with van der Waals surface area (Å²) in [7, 11) is 0. The summed E-state index contributed by atoms with van der Waals surface area (Å²) in [6.45, 7) is 1.94. The first-order valence-electron chi connectivity index (χ1n) is 7.10. The van der Waals surface area contributed by atoms with E-state index in [2.05, 4.69) is 0 Å². The first-order valence-corrected chi connectivity index (χ1v) is 8.53. The smallest absolute Gasteiger partial charge is 0.323 e. The van der Waals surface area contributed by atoms with Gasteiger partial charge in [-0.15, -0.1) is 11.8 Å². The van der Waals surface area contributed by atoms with E-state index in [1.807, 2.05) is 0 Å². The molecule has 1 aromatic carbocycles. The van der Waals surface area contributed by atoms with Crippen molar-refractivity contribution in [3.05, 3.63) is 29.3 Å². The van der Waals surface area contributed by atoms with E-state index in [0.29, 0.717) is 10.7 Å². The predicted molar refractivity (Wildman–Crippen MR) is 89.4 cm³/mol. The normalized spacial score (nSPS) is 19.1. The number of imide groups is 1. The molecule has 1 aliphatic rings. The maximum atomic E-state index is 12.4. The number of thioether (sulfide) groups is 1. The van der Waals surface area contributed by atoms with Crippen molar-refractivity contribution in [2.75, 3.05) is 17.3 Å². The Morgan fingerprint density at radius 1 is 1.52 bits per heavy atom. The molecule has 8 heteroatoms. The first-order chi connectivity index (χ1) is 10.9. The van der Waals surface area contributed by atoms with Gasteiger partial charge in [-0.25, -0.2) is 4.90 Å². The second kappa shape index (κ2) is 7.81. The molecule has 1 aliphatic heterocycles. The molecule has 0 radical (unpaired) electrons. The highest BCUT2D eigenvalue weighted by molar-refractivity contribution is 8.00. The van der Waals surface area contributed by atoms with Gasteiger partial charge in [0.25, 0.3) is 0 Å². The van der Waals surface area contributed by atoms with E-state index in [-0.39, 0.29) is 30.6 Å². The molecule has 0 aliphatic carbocycles. The fourth-order valence-electron chi connectivity index (χ4n) is 2.16. The number of hydrogen-bond donors (Lipinski definition) is 1. The molecule has 1 saturated heterocycles. The van der Waals surface area contributed by atoms with Gasteiger partial charge in [-0.2, -0.15) is 0 Å². The summed E-state index contributed by atoms with van der Waals surface area (Å²) in [5.74, 6) is -0.910. The van der Waals surface area contributed by atoms with E-state index in [4.69, 9.17) is 22.1 Å². The lowest BCUT2D eigenvalue weighted by atomic mass is 10.3. The maximum absolute atomic E-state index is 12.4. The maximum Gasteiger partial charge on any atom is 0.323 e. The number of hydrogen-bond acceptors (Lipinski definition) is 6. The molecule has 23 heavy (non-hydrogen) atoms. The Balaban J connectivity index is 2.00. The van der Waals surface area contributed by atoms with Crippen LogP contribution < -0.4 is 10.6 Å². The quantitative estimate of drug-likeness (QED) is 0.615. The lowest BCUT2D eigenvalue weighted by Gasteiger charge is -2.16. The molecule has 1 aromatic rings. The van der Waals surface area contributed by atoms with Gasteiger partial charge in [0.2, 0.25) is 11.8 Å². The van der Waals surface area contributed by atoms with Crippen LogP contribution in [0.4, 0.5) is 5.69 Å². The van der Waals surface area contributed by atoms with Crippen molar-refractivity contribution in [1.29, 1.82) is 0 Å². The van der Waals surface area contributed by atoms with Crippen molar-refractivity contribution in [2.24, 2.45) is 5.73 Å². The van der Waals surface area contributed by atoms with E-state index in [1.165, 1.54) is 11.8 Å². The van der Waals surface area contributed by atoms with Crippen LogP contribution in [0, 0.1) is 0 Å². The largest absolute Gasteiger partial charge is 0.465 e. The zero-order chi connectivity index (χ0) is 17.0. The summed E-state index contributed by atoms with van der Waals surface area (Å²) in [5.41, 5.74) is 6.15. The Labute approximate surface area is 143 Å². The third kappa shape index (κ3) is 4.25. The van der Waals surface area contributed by atoms with Gasteiger partial charge >= 0.3 is 5.97 Å². The van der Waals surface area contributed by atoms with Crippen molar-refractivity contribution < 1.29 is 19.1 Å². The van der Waals surface area contributed by atoms with Gasteiger partial charge in [0.05, 0.1) is 17.5 Å². The summed E-state index contributed by atoms with van der Waals surface area (Å²) in [6, 6.07) is 5.74. The van der Waals surface area contributed by atoms with Crippen LogP contribution in [0.1, 0.15) is 13.3 Å². The van der Waals surface area contributed by atoms with Crippen LogP contribution >= 0.6 is 23.4 Å². The second-order valence-corrected chi connectivity index (χ2v) is 6.60. The van der Waals surface area contributed by atoms with Crippen LogP contribution in [-0.4, -0.2) is 41.4 Å². The van der Waals surface area contributed by atoms with Gasteiger partial charge < -0.3 is 10.5 Å². The summed E-state index contributed by atoms with van der Waals surface area (Å²) in [6.07, 6.45) is 0.0750. The number of rotatable bonds is 6. The number of carbonyl (C=O) groups excluding carboxylic acids is 3. The van der Waals surface area contributed by atoms with Gasteiger partial charge in [-0.05, 0) is 25.1 Å². The first kappa shape index (κ1) is 17.8. The Kier molecular flexibility index (Phi) is 6.04. The van der Waals surface area contributed by atoms with E-state index in [9.17, 15) is 14.4 Å². The highest BCUT2D eigenvalue weighted by Crippen LogP contribution is 2.31. The van der Waals surface area contributed by atoms with Crippen LogP contribution in [0.5, 0.6) is 0 Å². The van der Waals surface area contributed by atoms with Crippen LogP contribution in [-0.2, 0) is 19.1 Å². The number of amides is 2. The van der Waals surface area contributed by atoms with Gasteiger partial charge in [-0.3, -0.25) is 14.4 Å². The van der Waals surface area contributed by atoms with Gasteiger partial charge in [0.1, 0.15) is 6.04 Å². The molecule has 2 rings (SSSR count). The second-order valence-electron chi connectivity index (χ2n) is 4.93. The van der Waals surface area contributed by atoms with Crippen LogP contribution in [0.25, 0.3) is 0 Å². The van der Waals surface area contributed by atoms with Gasteiger partial charge in [-0.1, -0.05) is 17.7 Å². The van der Waals surface area contributed by atoms with Crippen molar-refractivity contribution in [1.82, 2.24) is 0 Å². The molecule has 0 saturated carbocycles. The molecule has 2 amide bonds. The average molecular weight is 357 g/mol. The highest BCUT2D eigenvalue weighted by atomic mass is 35.5. The lowest BCUT2D eigenvalue weighted by molar-refractivity contribution is -0.144. The standard InChI is InChI=1S/C15H17ClN2O4S/c1-2-22-15(21)11(17)8-23-12-7-13(19)18(14(12)20)10-5-3-4-9(16)6-10/h3-6,11-12H,2,7-8,17H2,1H3/t11-,12?/m0/s1. The molecular formula is C15H17ClN2O4S. The van der Waals surface area contributed by atoms with E-state index >= 15 is 0 Å². The number of halogens is 1. The van der Waals surface area contributed by atoms with Crippen LogP contribution in [0.2, 0.25) is 5.02 Å². The van der Waals surface area contributed by atoms with E-state index in [0.717, 1.165) is 4.90 Å². The number of esters is 1. The Bertz CT molecular complexity index is 625. The number of anilines is 1. The number of nitrogens with two attached hydrogens (primary N) is 1. The van der Waals surface area contributed by atoms with Crippen molar-refractivity contribution in [2.45, 2.75) is 24.6 Å². The molecule has 124 valence electrons. The molecule has 1 heterocycles. The summed E-state index contributed by atoms with van der Waals surface area (Å²) in [4.78, 5) is 37.1. The monoisotopic (exact) mass is 356 g/mol. The molecule has 6 nitrogen and oxygen atoms in total. The molecule has 1 fully saturated rings. The third-order valence-electron chi connectivity index (χ3n) is 3.24. The summed E-state index contributed by atoms with van der Waals surface area (Å²) < 4.78 is 4.82. The third-order valence-corrected chi connectivity index (χ3v) is 4.80. The number of benzene rings is 1. The molecule has 0 bridgehead atoms. The molecular weight excluding hydrogens is 340 g/mol. The SMILES string of the molecule is CCOC(=O)[C@@H](N)CSC1CC(=O)N(c2cccc(Cl)c2)C1=O. The molecule has 1 unspecified atom stereocenters. The van der Waals surface area contributed by atoms with Crippen LogP contribution in [0.15, 0.2) is 24.3 Å². The minimum absolute atomic E-state index is 0.0750. The molecule has 2 atom stereocenters. The fraction of sp³-hybridized carbons (Fsp3) is 0.400. The minimum Gasteiger partial charge on any atom is -0.465 e. The lowest BCUT2D eigenvalue weighted by Crippen LogP contribution is -2.36. The van der Waals surface area contributed by atoms with Gasteiger partial charge in [0.15, 0.2) is 0 Å². The number of nitrogens with zero attached hydrogens (tertiary/aromatic N) is 1. The topological polar surface area (TPSA) is 89.7 Å². The fourth-order valence-corrected chi connectivity index (χ4v) is 3.43. The Hall–Kier alpha value is -1.57. The molecule has 0 aromatic heterocycles. The zero-order valence-corrected chi connectivity index (χ0v) is 14.1. The Morgan fingerprint density at radius 2 is 2.26 bits per heavy atom. The van der Waals surface area contributed by atoms with Crippen molar-refractivity contribution >= 4 is 46.8 Å². The molecule has 2 N–H and O–H groups in total. The average Bonchev–Trinajstić information content (AvgIpc) is 2.79. The van der Waals surface area contributed by atoms with Crippen LogP contribution in [0.3, 0.4) is 0 Å². The summed E-state index contributed by atoms with van der Waals surface area (Å²) >= 11 is 7.09. The summed E-state index contributed by atoms with van der Waals surface area (Å²) in [5, 5.41) is -0.106. The van der Waals surface area contributed by atoms with Crippen molar-refractivity contribution in [3.8, 4) is 0 Å². The number of ether oxygens (including phenoxy) is 1. The van der Waals surface area contributed by atoms with E-state index in [1.54, 1.807) is 31.2 Å². The van der Waals surface area contributed by atoms with E-state index < -0.39 is 17.3 Å². The highest BCUT2D eigenvalue weighted by Gasteiger charge is 2.40. The zero-order valence-electron chi connectivity index (χ0n) is 12.5. The predicted octanol–water partition coefficient (Wildman–Crippen LogP) is 1.60. The van der Waals surface area contributed by atoms with Gasteiger partial charge in [0, 0.05) is 17.2 Å². The number of carbonyl (C=O) groups is 3.